The van der Waals surface area contributed by atoms with Crippen molar-refractivity contribution in [2.45, 2.75) is 32.6 Å². The van der Waals surface area contributed by atoms with Gasteiger partial charge >= 0.3 is 12.0 Å². The number of hydrogen-bond acceptors (Lipinski definition) is 2. The van der Waals surface area contributed by atoms with Crippen LogP contribution in [0.25, 0.3) is 0 Å². The fourth-order valence-corrected chi connectivity index (χ4v) is 2.74. The second-order valence-electron chi connectivity index (χ2n) is 5.76. The van der Waals surface area contributed by atoms with Crippen LogP contribution >= 0.6 is 0 Å². The molecule has 0 bridgehead atoms. The third-order valence-corrected chi connectivity index (χ3v) is 4.06. The Labute approximate surface area is 108 Å². The van der Waals surface area contributed by atoms with Gasteiger partial charge in [0.1, 0.15) is 0 Å². The first-order valence-electron chi connectivity index (χ1n) is 6.82. The summed E-state index contributed by atoms with van der Waals surface area (Å²) in [5.74, 6) is -0.317. The zero-order valence-electron chi connectivity index (χ0n) is 10.9. The van der Waals surface area contributed by atoms with Crippen molar-refractivity contribution in [3.63, 3.8) is 0 Å². The Balaban J connectivity index is 1.82. The van der Waals surface area contributed by atoms with Crippen LogP contribution in [-0.4, -0.2) is 41.6 Å². The van der Waals surface area contributed by atoms with Gasteiger partial charge in [0.15, 0.2) is 0 Å². The highest BCUT2D eigenvalue weighted by Gasteiger charge is 2.32. The molecule has 1 aliphatic carbocycles. The fraction of sp³-hybridized carbons (Fsp3) is 0.846. The van der Waals surface area contributed by atoms with Crippen LogP contribution in [0.5, 0.6) is 0 Å². The van der Waals surface area contributed by atoms with Gasteiger partial charge in [0, 0.05) is 19.6 Å². The fourth-order valence-electron chi connectivity index (χ4n) is 2.74. The molecular weight excluding hydrogens is 232 g/mol. The molecule has 0 aromatic heterocycles. The van der Waals surface area contributed by atoms with E-state index in [1.807, 2.05) is 6.92 Å². The predicted molar refractivity (Wildman–Crippen MR) is 67.2 cm³/mol. The number of urea groups is 1. The van der Waals surface area contributed by atoms with Crippen molar-refractivity contribution < 1.29 is 14.7 Å². The quantitative estimate of drug-likeness (QED) is 0.802. The first kappa shape index (κ1) is 13.2. The first-order chi connectivity index (χ1) is 8.56. The van der Waals surface area contributed by atoms with Crippen LogP contribution in [0.3, 0.4) is 0 Å². The molecule has 0 aromatic rings. The third kappa shape index (κ3) is 3.15. The van der Waals surface area contributed by atoms with Gasteiger partial charge in [-0.3, -0.25) is 4.79 Å². The monoisotopic (exact) mass is 254 g/mol. The lowest BCUT2D eigenvalue weighted by Gasteiger charge is -2.35. The zero-order valence-corrected chi connectivity index (χ0v) is 10.9. The van der Waals surface area contributed by atoms with Gasteiger partial charge in [0.25, 0.3) is 0 Å². The smallest absolute Gasteiger partial charge is 0.317 e. The zero-order chi connectivity index (χ0) is 13.1. The minimum atomic E-state index is -0.793. The average Bonchev–Trinajstić information content (AvgIpc) is 2.25. The molecule has 2 N–H and O–H groups in total. The summed E-state index contributed by atoms with van der Waals surface area (Å²) < 4.78 is 0. The maximum absolute atomic E-state index is 12.0. The van der Waals surface area contributed by atoms with Gasteiger partial charge in [-0.05, 0) is 31.1 Å². The van der Waals surface area contributed by atoms with Crippen molar-refractivity contribution in [2.24, 2.45) is 17.8 Å². The second-order valence-corrected chi connectivity index (χ2v) is 5.76. The van der Waals surface area contributed by atoms with Crippen LogP contribution in [-0.2, 0) is 4.79 Å². The van der Waals surface area contributed by atoms with Crippen molar-refractivity contribution in [2.75, 3.05) is 19.6 Å². The van der Waals surface area contributed by atoms with Crippen molar-refractivity contribution in [3.05, 3.63) is 0 Å². The number of carboxylic acids is 1. The van der Waals surface area contributed by atoms with E-state index in [1.165, 1.54) is 19.3 Å². The Morgan fingerprint density at radius 3 is 2.61 bits per heavy atom. The Bertz CT molecular complexity index is 328. The summed E-state index contributed by atoms with van der Waals surface area (Å²) in [5, 5.41) is 12.0. The van der Waals surface area contributed by atoms with Gasteiger partial charge in [-0.15, -0.1) is 0 Å². The van der Waals surface area contributed by atoms with E-state index >= 15 is 0 Å². The van der Waals surface area contributed by atoms with E-state index < -0.39 is 11.9 Å². The average molecular weight is 254 g/mol. The minimum absolute atomic E-state index is 0.0975. The van der Waals surface area contributed by atoms with Gasteiger partial charge in [-0.25, -0.2) is 4.79 Å². The van der Waals surface area contributed by atoms with Crippen molar-refractivity contribution >= 4 is 12.0 Å². The molecule has 2 rings (SSSR count). The highest BCUT2D eigenvalue weighted by atomic mass is 16.4. The molecule has 1 aliphatic heterocycles. The molecule has 2 atom stereocenters. The number of nitrogens with one attached hydrogen (secondary N) is 1. The summed E-state index contributed by atoms with van der Waals surface area (Å²) >= 11 is 0. The first-order valence-corrected chi connectivity index (χ1v) is 6.82. The Kier molecular flexibility index (Phi) is 4.09. The predicted octanol–water partition coefficient (Wildman–Crippen LogP) is 1.54. The maximum Gasteiger partial charge on any atom is 0.317 e. The molecule has 2 unspecified atom stereocenters. The van der Waals surface area contributed by atoms with Crippen molar-refractivity contribution in [3.8, 4) is 0 Å². The van der Waals surface area contributed by atoms with Crippen LogP contribution in [0.1, 0.15) is 32.6 Å². The second kappa shape index (κ2) is 5.59. The van der Waals surface area contributed by atoms with Gasteiger partial charge in [-0.1, -0.05) is 13.3 Å². The number of likely N-dealkylation sites (tertiary alicyclic amines) is 1. The van der Waals surface area contributed by atoms with Gasteiger partial charge in [-0.2, -0.15) is 0 Å². The number of carbonyl (C=O) groups is 2. The number of carbonyl (C=O) groups excluding carboxylic acids is 1. The Hall–Kier alpha value is -1.26. The summed E-state index contributed by atoms with van der Waals surface area (Å²) in [5.41, 5.74) is 0. The summed E-state index contributed by atoms with van der Waals surface area (Å²) in [6, 6.07) is -0.0975. The number of piperidine rings is 1. The van der Waals surface area contributed by atoms with Gasteiger partial charge in [0.05, 0.1) is 5.92 Å². The van der Waals surface area contributed by atoms with E-state index in [0.29, 0.717) is 25.4 Å². The minimum Gasteiger partial charge on any atom is -0.481 e. The number of amides is 2. The molecule has 1 heterocycles. The molecule has 1 saturated heterocycles. The van der Waals surface area contributed by atoms with Gasteiger partial charge in [0.2, 0.25) is 0 Å². The lowest BCUT2D eigenvalue weighted by Crippen LogP contribution is -2.50. The molecule has 2 amide bonds. The number of carboxylic acid groups (broad SMARTS) is 1. The van der Waals surface area contributed by atoms with Crippen molar-refractivity contribution in [1.82, 2.24) is 10.2 Å². The summed E-state index contributed by atoms with van der Waals surface area (Å²) in [4.78, 5) is 24.7. The number of nitrogens with zero attached hydrogens (tertiary/aromatic N) is 1. The molecule has 102 valence electrons. The normalized spacial score (nSPS) is 28.6. The van der Waals surface area contributed by atoms with Gasteiger partial charge < -0.3 is 15.3 Å². The van der Waals surface area contributed by atoms with E-state index in [4.69, 9.17) is 5.11 Å². The van der Waals surface area contributed by atoms with E-state index in [1.54, 1.807) is 4.90 Å². The Morgan fingerprint density at radius 1 is 1.33 bits per heavy atom. The lowest BCUT2D eigenvalue weighted by molar-refractivity contribution is -0.143. The standard InChI is InChI=1S/C13H22N2O3/c1-9-5-11(12(16)17)8-15(7-9)13(18)14-6-10-3-2-4-10/h9-11H,2-8H2,1H3,(H,14,18)(H,16,17). The summed E-state index contributed by atoms with van der Waals surface area (Å²) in [7, 11) is 0. The highest BCUT2D eigenvalue weighted by molar-refractivity contribution is 5.76. The SMILES string of the molecule is CC1CC(C(=O)O)CN(C(=O)NCC2CCC2)C1. The molecule has 2 aliphatic rings. The lowest BCUT2D eigenvalue weighted by atomic mass is 9.85. The van der Waals surface area contributed by atoms with E-state index in [9.17, 15) is 9.59 Å². The maximum atomic E-state index is 12.0. The molecule has 0 spiro atoms. The molecule has 0 aromatic carbocycles. The van der Waals surface area contributed by atoms with Crippen LogP contribution in [0.4, 0.5) is 4.79 Å². The number of rotatable bonds is 3. The van der Waals surface area contributed by atoms with E-state index in [0.717, 1.165) is 6.54 Å². The van der Waals surface area contributed by atoms with Crippen LogP contribution in [0.15, 0.2) is 0 Å². The van der Waals surface area contributed by atoms with E-state index in [-0.39, 0.29) is 11.9 Å². The molecule has 2 fully saturated rings. The highest BCUT2D eigenvalue weighted by Crippen LogP contribution is 2.25. The van der Waals surface area contributed by atoms with E-state index in [2.05, 4.69) is 5.32 Å². The molecule has 0 radical (unpaired) electrons. The van der Waals surface area contributed by atoms with Crippen LogP contribution < -0.4 is 5.32 Å². The molecular formula is C13H22N2O3. The third-order valence-electron chi connectivity index (χ3n) is 4.06. The number of hydrogen-bond donors (Lipinski definition) is 2. The topological polar surface area (TPSA) is 69.6 Å². The van der Waals surface area contributed by atoms with Crippen LogP contribution in [0.2, 0.25) is 0 Å². The molecule has 1 saturated carbocycles. The molecule has 18 heavy (non-hydrogen) atoms. The summed E-state index contributed by atoms with van der Waals surface area (Å²) in [6.07, 6.45) is 4.34. The Morgan fingerprint density at radius 2 is 2.06 bits per heavy atom. The molecule has 5 nitrogen and oxygen atoms in total. The van der Waals surface area contributed by atoms with Crippen molar-refractivity contribution in [1.29, 1.82) is 0 Å². The molecule has 5 heteroatoms. The number of aliphatic carboxylic acids is 1. The largest absolute Gasteiger partial charge is 0.481 e. The summed E-state index contributed by atoms with van der Waals surface area (Å²) in [6.45, 7) is 3.75. The van der Waals surface area contributed by atoms with Crippen LogP contribution in [0, 0.1) is 17.8 Å².